The summed E-state index contributed by atoms with van der Waals surface area (Å²) < 4.78 is 85.2. The topological polar surface area (TPSA) is 0 Å². The highest BCUT2D eigenvalue weighted by Crippen LogP contribution is 2.34. The molecule has 0 radical (unpaired) electrons. The van der Waals surface area contributed by atoms with Gasteiger partial charge in [0.1, 0.15) is 0 Å². The first-order valence-electron chi connectivity index (χ1n) is 3.57. The highest BCUT2D eigenvalue weighted by molar-refractivity contribution is 5.29. The molecule has 0 atom stereocenters. The Balaban J connectivity index is 3.36. The van der Waals surface area contributed by atoms with Crippen LogP contribution in [-0.2, 0) is 6.18 Å². The molecule has 1 aromatic carbocycles. The minimum atomic E-state index is -4.99. The van der Waals surface area contributed by atoms with E-state index in [1.807, 2.05) is 0 Å². The van der Waals surface area contributed by atoms with E-state index in [4.69, 9.17) is 0 Å². The van der Waals surface area contributed by atoms with E-state index < -0.39 is 35.4 Å². The Morgan fingerprint density at radius 2 is 1.53 bits per heavy atom. The number of benzene rings is 1. The van der Waals surface area contributed by atoms with Crippen molar-refractivity contribution < 1.29 is 30.7 Å². The molecule has 0 unspecified atom stereocenters. The zero-order valence-electron chi connectivity index (χ0n) is 6.88. The first-order chi connectivity index (χ1) is 6.73. The molecule has 0 aliphatic heterocycles. The Kier molecular flexibility index (Phi) is 2.92. The zero-order valence-corrected chi connectivity index (χ0v) is 6.88. The van der Waals surface area contributed by atoms with Crippen molar-refractivity contribution in [3.8, 4) is 0 Å². The van der Waals surface area contributed by atoms with E-state index in [9.17, 15) is 30.7 Å². The standard InChI is InChI=1S/C8H3F7/c9-5-2-3(8(13,14)15)1-4(6(5)10)7(11)12/h1-2,7H. The molecule has 0 aromatic heterocycles. The number of hydrogen-bond acceptors (Lipinski definition) is 0. The predicted molar refractivity (Wildman–Crippen MR) is 36.3 cm³/mol. The van der Waals surface area contributed by atoms with Gasteiger partial charge in [-0.1, -0.05) is 0 Å². The molecule has 1 aromatic rings. The third kappa shape index (κ3) is 2.40. The molecule has 0 saturated carbocycles. The van der Waals surface area contributed by atoms with E-state index >= 15 is 0 Å². The second-order valence-corrected chi connectivity index (χ2v) is 2.66. The van der Waals surface area contributed by atoms with Crippen LogP contribution in [0, 0.1) is 11.6 Å². The van der Waals surface area contributed by atoms with Gasteiger partial charge in [0, 0.05) is 0 Å². The normalized spacial score (nSPS) is 12.3. The lowest BCUT2D eigenvalue weighted by Gasteiger charge is -2.09. The van der Waals surface area contributed by atoms with Gasteiger partial charge in [-0.15, -0.1) is 0 Å². The smallest absolute Gasteiger partial charge is 0.205 e. The quantitative estimate of drug-likeness (QED) is 0.643. The minimum absolute atomic E-state index is 0.108. The van der Waals surface area contributed by atoms with Crippen LogP contribution in [0.2, 0.25) is 0 Å². The van der Waals surface area contributed by atoms with Crippen LogP contribution in [0.3, 0.4) is 0 Å². The average Bonchev–Trinajstić information content (AvgIpc) is 2.06. The molecule has 0 aliphatic rings. The third-order valence-corrected chi connectivity index (χ3v) is 1.62. The molecule has 0 nitrogen and oxygen atoms in total. The lowest BCUT2D eigenvalue weighted by Crippen LogP contribution is -2.08. The molecule has 0 amide bonds. The highest BCUT2D eigenvalue weighted by Gasteiger charge is 2.33. The van der Waals surface area contributed by atoms with E-state index in [2.05, 4.69) is 0 Å². The van der Waals surface area contributed by atoms with Gasteiger partial charge in [-0.05, 0) is 12.1 Å². The zero-order chi connectivity index (χ0) is 11.8. The maximum absolute atomic E-state index is 12.6. The van der Waals surface area contributed by atoms with Gasteiger partial charge in [0.25, 0.3) is 6.43 Å². The summed E-state index contributed by atoms with van der Waals surface area (Å²) >= 11 is 0. The minimum Gasteiger partial charge on any atom is -0.205 e. The van der Waals surface area contributed by atoms with E-state index in [1.54, 1.807) is 0 Å². The summed E-state index contributed by atoms with van der Waals surface area (Å²) in [5.41, 5.74) is -3.24. The first-order valence-corrected chi connectivity index (χ1v) is 3.57. The van der Waals surface area contributed by atoms with Crippen LogP contribution in [0.4, 0.5) is 30.7 Å². The molecular weight excluding hydrogens is 229 g/mol. The molecule has 0 aliphatic carbocycles. The van der Waals surface area contributed by atoms with Gasteiger partial charge in [0.05, 0.1) is 11.1 Å². The van der Waals surface area contributed by atoms with Crippen molar-refractivity contribution in [1.82, 2.24) is 0 Å². The van der Waals surface area contributed by atoms with Gasteiger partial charge >= 0.3 is 6.18 Å². The van der Waals surface area contributed by atoms with E-state index in [0.29, 0.717) is 0 Å². The molecule has 0 heterocycles. The van der Waals surface area contributed by atoms with Gasteiger partial charge in [0.2, 0.25) is 0 Å². The third-order valence-electron chi connectivity index (χ3n) is 1.62. The maximum Gasteiger partial charge on any atom is 0.416 e. The molecule has 0 bridgehead atoms. The molecule has 15 heavy (non-hydrogen) atoms. The van der Waals surface area contributed by atoms with Crippen molar-refractivity contribution in [1.29, 1.82) is 0 Å². The SMILES string of the molecule is Fc1cc(C(F)(F)F)cc(C(F)F)c1F. The summed E-state index contributed by atoms with van der Waals surface area (Å²) in [4.78, 5) is 0. The summed E-state index contributed by atoms with van der Waals surface area (Å²) in [6.45, 7) is 0. The fraction of sp³-hybridized carbons (Fsp3) is 0.250. The van der Waals surface area contributed by atoms with Crippen molar-refractivity contribution in [3.05, 3.63) is 34.9 Å². The van der Waals surface area contributed by atoms with Gasteiger partial charge in [0.15, 0.2) is 11.6 Å². The fourth-order valence-corrected chi connectivity index (χ4v) is 0.933. The van der Waals surface area contributed by atoms with E-state index in [1.165, 1.54) is 0 Å². The second-order valence-electron chi connectivity index (χ2n) is 2.66. The van der Waals surface area contributed by atoms with Crippen LogP contribution in [0.1, 0.15) is 17.6 Å². The van der Waals surface area contributed by atoms with Crippen molar-refractivity contribution in [2.45, 2.75) is 12.6 Å². The summed E-state index contributed by atoms with van der Waals surface area (Å²) in [6.07, 6.45) is -8.49. The Hall–Kier alpha value is -1.27. The first kappa shape index (κ1) is 11.8. The number of hydrogen-bond donors (Lipinski definition) is 0. The average molecular weight is 232 g/mol. The van der Waals surface area contributed by atoms with Gasteiger partial charge in [-0.2, -0.15) is 13.2 Å². The Labute approximate surface area is 79.3 Å². The van der Waals surface area contributed by atoms with Crippen LogP contribution in [0.25, 0.3) is 0 Å². The Morgan fingerprint density at radius 1 is 1.00 bits per heavy atom. The number of rotatable bonds is 1. The van der Waals surface area contributed by atoms with Crippen molar-refractivity contribution >= 4 is 0 Å². The monoisotopic (exact) mass is 232 g/mol. The summed E-state index contributed by atoms with van der Waals surface area (Å²) in [5, 5.41) is 0. The maximum atomic E-state index is 12.6. The van der Waals surface area contributed by atoms with Crippen LogP contribution >= 0.6 is 0 Å². The molecule has 84 valence electrons. The van der Waals surface area contributed by atoms with Crippen LogP contribution in [-0.4, -0.2) is 0 Å². The van der Waals surface area contributed by atoms with Gasteiger partial charge in [-0.3, -0.25) is 0 Å². The van der Waals surface area contributed by atoms with Gasteiger partial charge < -0.3 is 0 Å². The molecule has 0 spiro atoms. The molecular formula is C8H3F7. The molecule has 1 rings (SSSR count). The van der Waals surface area contributed by atoms with Crippen LogP contribution < -0.4 is 0 Å². The molecule has 0 saturated heterocycles. The molecule has 0 fully saturated rings. The predicted octanol–water partition coefficient (Wildman–Crippen LogP) is 3.92. The van der Waals surface area contributed by atoms with E-state index in [-0.39, 0.29) is 12.1 Å². The van der Waals surface area contributed by atoms with Crippen molar-refractivity contribution in [3.63, 3.8) is 0 Å². The Morgan fingerprint density at radius 3 is 1.93 bits per heavy atom. The highest BCUT2D eigenvalue weighted by atomic mass is 19.4. The second kappa shape index (κ2) is 3.71. The van der Waals surface area contributed by atoms with Crippen LogP contribution in [0.5, 0.6) is 0 Å². The summed E-state index contributed by atoms with van der Waals surface area (Å²) in [5.74, 6) is -3.90. The largest absolute Gasteiger partial charge is 0.416 e. The number of alkyl halides is 5. The van der Waals surface area contributed by atoms with Gasteiger partial charge in [-0.25, -0.2) is 17.6 Å². The fourth-order valence-electron chi connectivity index (χ4n) is 0.933. The van der Waals surface area contributed by atoms with Crippen LogP contribution in [0.15, 0.2) is 12.1 Å². The molecule has 0 N–H and O–H groups in total. The summed E-state index contributed by atoms with van der Waals surface area (Å²) in [6, 6.07) is -0.274. The Bertz CT molecular complexity index is 366. The summed E-state index contributed by atoms with van der Waals surface area (Å²) in [7, 11) is 0. The van der Waals surface area contributed by atoms with E-state index in [0.717, 1.165) is 0 Å². The lowest BCUT2D eigenvalue weighted by atomic mass is 10.1. The molecule has 7 heteroatoms. The van der Waals surface area contributed by atoms with Crippen molar-refractivity contribution in [2.24, 2.45) is 0 Å². The number of halogens is 7. The van der Waals surface area contributed by atoms with Crippen molar-refractivity contribution in [2.75, 3.05) is 0 Å². The lowest BCUT2D eigenvalue weighted by molar-refractivity contribution is -0.137.